The molecule has 0 fully saturated rings. The largest absolute Gasteiger partial charge is 0.491 e. The van der Waals surface area contributed by atoms with Crippen LogP contribution in [-0.4, -0.2) is 51.7 Å². The van der Waals surface area contributed by atoms with Gasteiger partial charge in [0.1, 0.15) is 23.9 Å². The number of alkyl halides is 3. The number of hydrogen-bond acceptors (Lipinski definition) is 7. The maximum Gasteiger partial charge on any atom is 0.417 e. The molecule has 5 rings (SSSR count). The van der Waals surface area contributed by atoms with E-state index in [-0.39, 0.29) is 54.7 Å². The molecule has 4 aromatic rings. The smallest absolute Gasteiger partial charge is 0.417 e. The van der Waals surface area contributed by atoms with Crippen molar-refractivity contribution in [3.63, 3.8) is 0 Å². The quantitative estimate of drug-likeness (QED) is 0.242. The van der Waals surface area contributed by atoms with Crippen LogP contribution < -0.4 is 4.74 Å². The van der Waals surface area contributed by atoms with Crippen LogP contribution in [0.1, 0.15) is 22.6 Å². The van der Waals surface area contributed by atoms with Crippen molar-refractivity contribution < 1.29 is 31.4 Å². The molecule has 0 atom stereocenters. The van der Waals surface area contributed by atoms with Gasteiger partial charge in [-0.15, -0.1) is 0 Å². The number of aromatic amines is 1. The fraction of sp³-hybridized carbons (Fsp3) is 0.231. The van der Waals surface area contributed by atoms with Crippen LogP contribution in [0.5, 0.6) is 5.75 Å². The number of benzene rings is 2. The van der Waals surface area contributed by atoms with Crippen LogP contribution in [0.15, 0.2) is 53.6 Å². The van der Waals surface area contributed by atoms with Crippen LogP contribution >= 0.6 is 0 Å². The van der Waals surface area contributed by atoms with Crippen molar-refractivity contribution in [2.24, 2.45) is 5.10 Å². The summed E-state index contributed by atoms with van der Waals surface area (Å²) in [6.07, 6.45) is -3.16. The number of ether oxygens (including phenoxy) is 2. The number of nitrogens with zero attached hydrogens (tertiary/aromatic N) is 5. The fourth-order valence-corrected chi connectivity index (χ4v) is 4.01. The van der Waals surface area contributed by atoms with Crippen molar-refractivity contribution in [3.8, 4) is 28.4 Å². The third kappa shape index (κ3) is 5.72. The van der Waals surface area contributed by atoms with Gasteiger partial charge in [-0.3, -0.25) is 5.01 Å². The summed E-state index contributed by atoms with van der Waals surface area (Å²) in [6, 6.07) is 10.5. The Hall–Kier alpha value is -4.39. The second kappa shape index (κ2) is 10.8. The first-order valence-corrected chi connectivity index (χ1v) is 11.7. The molecule has 2 aromatic heterocycles. The minimum Gasteiger partial charge on any atom is -0.491 e. The zero-order valence-corrected chi connectivity index (χ0v) is 20.5. The average Bonchev–Trinajstić information content (AvgIpc) is 3.33. The molecule has 39 heavy (non-hydrogen) atoms. The van der Waals surface area contributed by atoms with Gasteiger partial charge < -0.3 is 14.5 Å². The number of hydrogen-bond donors (Lipinski definition) is 1. The molecule has 202 valence electrons. The zero-order chi connectivity index (χ0) is 27.6. The predicted molar refractivity (Wildman–Crippen MR) is 131 cm³/mol. The number of hydrazone groups is 1. The number of halogens is 5. The van der Waals surface area contributed by atoms with Crippen molar-refractivity contribution in [2.75, 3.05) is 20.3 Å². The first-order valence-electron chi connectivity index (χ1n) is 11.7. The first-order chi connectivity index (χ1) is 18.7. The lowest BCUT2D eigenvalue weighted by Crippen LogP contribution is -2.22. The molecule has 2 aromatic carbocycles. The Morgan fingerprint density at radius 3 is 2.59 bits per heavy atom. The highest BCUT2D eigenvalue weighted by molar-refractivity contribution is 5.80. The first kappa shape index (κ1) is 26.2. The molecule has 0 unspecified atom stereocenters. The Balaban J connectivity index is 1.30. The van der Waals surface area contributed by atoms with E-state index in [2.05, 4.69) is 25.3 Å². The molecule has 0 spiro atoms. The van der Waals surface area contributed by atoms with E-state index >= 15 is 0 Å². The summed E-state index contributed by atoms with van der Waals surface area (Å²) in [6.45, 7) is 0.821. The topological polar surface area (TPSA) is 88.5 Å². The Morgan fingerprint density at radius 1 is 1.00 bits per heavy atom. The summed E-state index contributed by atoms with van der Waals surface area (Å²) < 4.78 is 79.3. The highest BCUT2D eigenvalue weighted by Crippen LogP contribution is 2.38. The van der Waals surface area contributed by atoms with E-state index in [1.807, 2.05) is 0 Å². The summed E-state index contributed by atoms with van der Waals surface area (Å²) >= 11 is 0. The van der Waals surface area contributed by atoms with E-state index in [0.717, 1.165) is 12.1 Å². The highest BCUT2D eigenvalue weighted by atomic mass is 19.4. The summed E-state index contributed by atoms with van der Waals surface area (Å²) in [5.41, 5.74) is 0.612. The molecule has 8 nitrogen and oxygen atoms in total. The predicted octanol–water partition coefficient (Wildman–Crippen LogP) is 5.21. The summed E-state index contributed by atoms with van der Waals surface area (Å²) in [5, 5.41) is 14.0. The lowest BCUT2D eigenvalue weighted by atomic mass is 10.0. The Bertz CT molecular complexity index is 1500. The molecular formula is C26H21F5N6O2. The van der Waals surface area contributed by atoms with Gasteiger partial charge in [-0.2, -0.15) is 28.5 Å². The Labute approximate surface area is 219 Å². The van der Waals surface area contributed by atoms with Gasteiger partial charge in [-0.05, 0) is 42.5 Å². The van der Waals surface area contributed by atoms with Crippen LogP contribution in [0.4, 0.5) is 22.0 Å². The maximum atomic E-state index is 14.2. The number of rotatable bonds is 8. The zero-order valence-electron chi connectivity index (χ0n) is 20.5. The summed E-state index contributed by atoms with van der Waals surface area (Å²) in [5.74, 6) is -1.75. The third-order valence-electron chi connectivity index (χ3n) is 5.89. The number of aromatic nitrogens is 4. The van der Waals surface area contributed by atoms with Gasteiger partial charge in [0.25, 0.3) is 0 Å². The van der Waals surface area contributed by atoms with Gasteiger partial charge in [0.2, 0.25) is 0 Å². The molecule has 0 saturated heterocycles. The normalized spacial score (nSPS) is 13.0. The molecular weight excluding hydrogens is 523 g/mol. The number of fused-ring (bicyclic) bond motifs is 1. The van der Waals surface area contributed by atoms with E-state index in [1.54, 1.807) is 11.1 Å². The maximum absolute atomic E-state index is 14.2. The minimum atomic E-state index is -4.63. The fourth-order valence-electron chi connectivity index (χ4n) is 4.01. The minimum absolute atomic E-state index is 0.00129. The van der Waals surface area contributed by atoms with Crippen molar-refractivity contribution >= 4 is 6.21 Å². The Morgan fingerprint density at radius 2 is 1.85 bits per heavy atom. The van der Waals surface area contributed by atoms with Gasteiger partial charge >= 0.3 is 6.18 Å². The standard InChI is InChI=1S/C26H21F5N6O2/c1-38-9-10-39-16-6-7-17(19(11-16)26(29,30)31)21-8-5-15(35-36-21)13-37-14-23-22(12-32-37)33-25(34-23)18-3-2-4-20(27)24(18)28/h2-8,11-12H,9-10,13-14H2,1H3,(H,33,34). The van der Waals surface area contributed by atoms with Crippen molar-refractivity contribution in [2.45, 2.75) is 19.3 Å². The van der Waals surface area contributed by atoms with Crippen LogP contribution in [0.2, 0.25) is 0 Å². The highest BCUT2D eigenvalue weighted by Gasteiger charge is 2.34. The Kier molecular flexibility index (Phi) is 7.24. The van der Waals surface area contributed by atoms with Gasteiger partial charge in [-0.1, -0.05) is 6.07 Å². The lowest BCUT2D eigenvalue weighted by molar-refractivity contribution is -0.137. The van der Waals surface area contributed by atoms with Gasteiger partial charge in [-0.25, -0.2) is 13.8 Å². The van der Waals surface area contributed by atoms with Crippen LogP contribution in [0.3, 0.4) is 0 Å². The number of imidazole rings is 1. The van der Waals surface area contributed by atoms with E-state index in [9.17, 15) is 22.0 Å². The van der Waals surface area contributed by atoms with Crippen molar-refractivity contribution in [1.29, 1.82) is 0 Å². The van der Waals surface area contributed by atoms with Crippen molar-refractivity contribution in [1.82, 2.24) is 25.2 Å². The molecule has 1 aliphatic heterocycles. The SMILES string of the molecule is COCCOc1ccc(-c2ccc(CN3Cc4[nH]c(-c5cccc(F)c5F)nc4C=N3)nn2)c(C(F)(F)F)c1. The van der Waals surface area contributed by atoms with Crippen LogP contribution in [0, 0.1) is 11.6 Å². The molecule has 0 bridgehead atoms. The summed E-state index contributed by atoms with van der Waals surface area (Å²) in [7, 11) is 1.47. The average molecular weight is 544 g/mol. The van der Waals surface area contributed by atoms with Crippen LogP contribution in [0.25, 0.3) is 22.6 Å². The van der Waals surface area contributed by atoms with Gasteiger partial charge in [0.05, 0.1) is 54.1 Å². The van der Waals surface area contributed by atoms with Gasteiger partial charge in [0.15, 0.2) is 11.6 Å². The van der Waals surface area contributed by atoms with E-state index in [4.69, 9.17) is 9.47 Å². The van der Waals surface area contributed by atoms with E-state index < -0.39 is 23.4 Å². The molecule has 0 radical (unpaired) electrons. The third-order valence-corrected chi connectivity index (χ3v) is 5.89. The number of methoxy groups -OCH3 is 1. The molecule has 3 heterocycles. The van der Waals surface area contributed by atoms with Crippen LogP contribution in [-0.2, 0) is 24.0 Å². The van der Waals surface area contributed by atoms with E-state index in [1.165, 1.54) is 43.7 Å². The molecule has 13 heteroatoms. The monoisotopic (exact) mass is 544 g/mol. The molecule has 0 amide bonds. The second-order valence-electron chi connectivity index (χ2n) is 8.57. The van der Waals surface area contributed by atoms with Crippen molar-refractivity contribution in [3.05, 3.63) is 82.8 Å². The lowest BCUT2D eigenvalue weighted by Gasteiger charge is -2.21. The molecule has 0 saturated carbocycles. The molecule has 0 aliphatic carbocycles. The van der Waals surface area contributed by atoms with E-state index in [0.29, 0.717) is 17.1 Å². The van der Waals surface area contributed by atoms with Gasteiger partial charge in [0, 0.05) is 12.7 Å². The second-order valence-corrected chi connectivity index (χ2v) is 8.57. The number of H-pyrrole nitrogens is 1. The molecule has 1 aliphatic rings. The molecule has 1 N–H and O–H groups in total. The number of nitrogens with one attached hydrogen (secondary N) is 1. The summed E-state index contributed by atoms with van der Waals surface area (Å²) in [4.78, 5) is 7.29.